The van der Waals surface area contributed by atoms with Gasteiger partial charge in [0.1, 0.15) is 0 Å². The Morgan fingerprint density at radius 3 is 2.65 bits per heavy atom. The van der Waals surface area contributed by atoms with Gasteiger partial charge in [-0.2, -0.15) is 0 Å². The monoisotopic (exact) mass is 289 g/mol. The quantitative estimate of drug-likeness (QED) is 0.814. The van der Waals surface area contributed by atoms with Crippen LogP contribution in [0.15, 0.2) is 18.2 Å². The number of piperazine rings is 1. The number of anilines is 1. The van der Waals surface area contributed by atoms with Gasteiger partial charge >= 0.3 is 0 Å². The molecule has 0 spiro atoms. The van der Waals surface area contributed by atoms with Crippen molar-refractivity contribution in [3.05, 3.63) is 23.8 Å². The van der Waals surface area contributed by atoms with E-state index in [1.54, 1.807) is 11.3 Å². The first-order chi connectivity index (χ1) is 9.69. The summed E-state index contributed by atoms with van der Waals surface area (Å²) in [5.41, 5.74) is 1.67. The van der Waals surface area contributed by atoms with E-state index in [-0.39, 0.29) is 0 Å². The number of aldehydes is 1. The minimum atomic E-state index is 0.606. The second kappa shape index (κ2) is 5.50. The summed E-state index contributed by atoms with van der Waals surface area (Å²) in [6.45, 7) is 8.65. The Kier molecular flexibility index (Phi) is 3.72. The van der Waals surface area contributed by atoms with Gasteiger partial charge in [0.15, 0.2) is 11.4 Å². The normalized spacial score (nSPS) is 17.1. The van der Waals surface area contributed by atoms with Gasteiger partial charge in [0, 0.05) is 37.8 Å². The summed E-state index contributed by atoms with van der Waals surface area (Å²) in [6.07, 6.45) is 0.918. The van der Waals surface area contributed by atoms with Crippen LogP contribution >= 0.6 is 11.3 Å². The summed E-state index contributed by atoms with van der Waals surface area (Å²) >= 11 is 1.63. The third-order valence-corrected chi connectivity index (χ3v) is 5.06. The Morgan fingerprint density at radius 2 is 2.00 bits per heavy atom. The zero-order valence-electron chi connectivity index (χ0n) is 11.9. The van der Waals surface area contributed by atoms with E-state index in [9.17, 15) is 4.79 Å². The van der Waals surface area contributed by atoms with Crippen molar-refractivity contribution in [3.63, 3.8) is 0 Å². The molecule has 0 N–H and O–H groups in total. The fourth-order valence-electron chi connectivity index (χ4n) is 2.62. The van der Waals surface area contributed by atoms with Crippen LogP contribution in [0.4, 0.5) is 5.13 Å². The molecule has 1 aliphatic heterocycles. The number of aromatic nitrogens is 1. The average Bonchev–Trinajstić information content (AvgIpc) is 2.91. The zero-order chi connectivity index (χ0) is 14.1. The summed E-state index contributed by atoms with van der Waals surface area (Å²) in [6, 6.07) is 6.33. The van der Waals surface area contributed by atoms with Crippen molar-refractivity contribution in [1.29, 1.82) is 0 Å². The van der Waals surface area contributed by atoms with Gasteiger partial charge in [0.2, 0.25) is 0 Å². The number of carbonyl (C=O) groups excluding carboxylic acids is 1. The predicted octanol–water partition coefficient (Wildman–Crippen LogP) is 2.64. The number of rotatable bonds is 3. The van der Waals surface area contributed by atoms with Crippen molar-refractivity contribution in [1.82, 2.24) is 9.88 Å². The van der Waals surface area contributed by atoms with Crippen LogP contribution in [-0.2, 0) is 0 Å². The number of hydrogen-bond acceptors (Lipinski definition) is 5. The Labute approximate surface area is 123 Å². The second-order valence-electron chi connectivity index (χ2n) is 5.43. The molecule has 4 nitrogen and oxygen atoms in total. The molecule has 0 atom stereocenters. The van der Waals surface area contributed by atoms with Crippen molar-refractivity contribution in [2.45, 2.75) is 19.9 Å². The first-order valence-corrected chi connectivity index (χ1v) is 7.84. The SMILES string of the molecule is CC(C)N1CCN(c2nc3cccc(C=O)c3s2)CC1. The number of thiazole rings is 1. The van der Waals surface area contributed by atoms with E-state index in [1.807, 2.05) is 18.2 Å². The fraction of sp³-hybridized carbons (Fsp3) is 0.467. The highest BCUT2D eigenvalue weighted by atomic mass is 32.1. The van der Waals surface area contributed by atoms with Gasteiger partial charge in [-0.05, 0) is 19.9 Å². The Morgan fingerprint density at radius 1 is 1.25 bits per heavy atom. The lowest BCUT2D eigenvalue weighted by atomic mass is 10.2. The molecule has 2 heterocycles. The molecule has 0 unspecified atom stereocenters. The van der Waals surface area contributed by atoms with Crippen LogP contribution < -0.4 is 4.90 Å². The lowest BCUT2D eigenvalue weighted by Crippen LogP contribution is -2.48. The van der Waals surface area contributed by atoms with E-state index in [0.29, 0.717) is 6.04 Å². The minimum absolute atomic E-state index is 0.606. The zero-order valence-corrected chi connectivity index (χ0v) is 12.7. The van der Waals surface area contributed by atoms with E-state index < -0.39 is 0 Å². The molecule has 1 saturated heterocycles. The molecule has 3 rings (SSSR count). The summed E-state index contributed by atoms with van der Waals surface area (Å²) < 4.78 is 1.00. The molecular weight excluding hydrogens is 270 g/mol. The largest absolute Gasteiger partial charge is 0.345 e. The molecule has 106 valence electrons. The van der Waals surface area contributed by atoms with E-state index in [0.717, 1.165) is 53.4 Å². The average molecular weight is 289 g/mol. The maximum absolute atomic E-state index is 11.1. The number of carbonyl (C=O) groups is 1. The van der Waals surface area contributed by atoms with Crippen LogP contribution in [0, 0.1) is 0 Å². The topological polar surface area (TPSA) is 36.4 Å². The van der Waals surface area contributed by atoms with Gasteiger partial charge in [0.05, 0.1) is 10.2 Å². The fourth-order valence-corrected chi connectivity index (χ4v) is 3.71. The molecule has 1 aromatic carbocycles. The van der Waals surface area contributed by atoms with Gasteiger partial charge in [-0.15, -0.1) is 0 Å². The summed E-state index contributed by atoms with van der Waals surface area (Å²) in [4.78, 5) is 20.6. The Bertz CT molecular complexity index is 615. The lowest BCUT2D eigenvalue weighted by Gasteiger charge is -2.36. The van der Waals surface area contributed by atoms with Crippen LogP contribution in [-0.4, -0.2) is 48.4 Å². The molecule has 1 fully saturated rings. The van der Waals surface area contributed by atoms with Crippen LogP contribution in [0.5, 0.6) is 0 Å². The highest BCUT2D eigenvalue weighted by Gasteiger charge is 2.21. The van der Waals surface area contributed by atoms with Gasteiger partial charge in [-0.3, -0.25) is 9.69 Å². The molecule has 0 bridgehead atoms. The number of benzene rings is 1. The highest BCUT2D eigenvalue weighted by Crippen LogP contribution is 2.31. The molecule has 1 aromatic heterocycles. The van der Waals surface area contributed by atoms with Crippen LogP contribution in [0.3, 0.4) is 0 Å². The minimum Gasteiger partial charge on any atom is -0.345 e. The number of fused-ring (bicyclic) bond motifs is 1. The second-order valence-corrected chi connectivity index (χ2v) is 6.40. The van der Waals surface area contributed by atoms with Crippen molar-refractivity contribution < 1.29 is 4.79 Å². The summed E-state index contributed by atoms with van der Waals surface area (Å²) in [5, 5.41) is 1.04. The predicted molar refractivity (Wildman–Crippen MR) is 83.9 cm³/mol. The van der Waals surface area contributed by atoms with E-state index in [4.69, 9.17) is 0 Å². The molecule has 0 radical (unpaired) electrons. The van der Waals surface area contributed by atoms with Crippen LogP contribution in [0.25, 0.3) is 10.2 Å². The maximum atomic E-state index is 11.1. The van der Waals surface area contributed by atoms with Crippen molar-refractivity contribution in [3.8, 4) is 0 Å². The third kappa shape index (κ3) is 2.43. The Hall–Kier alpha value is -1.46. The smallest absolute Gasteiger partial charge is 0.186 e. The van der Waals surface area contributed by atoms with Crippen LogP contribution in [0.2, 0.25) is 0 Å². The maximum Gasteiger partial charge on any atom is 0.186 e. The van der Waals surface area contributed by atoms with E-state index in [1.165, 1.54) is 0 Å². The number of nitrogens with zero attached hydrogens (tertiary/aromatic N) is 3. The van der Waals surface area contributed by atoms with Crippen molar-refractivity contribution >= 4 is 33.0 Å². The number of hydrogen-bond donors (Lipinski definition) is 0. The Balaban J connectivity index is 1.83. The van der Waals surface area contributed by atoms with Gasteiger partial charge in [0.25, 0.3) is 0 Å². The van der Waals surface area contributed by atoms with Gasteiger partial charge < -0.3 is 4.90 Å². The molecular formula is C15H19N3OS. The van der Waals surface area contributed by atoms with Crippen LogP contribution in [0.1, 0.15) is 24.2 Å². The third-order valence-electron chi connectivity index (χ3n) is 3.88. The highest BCUT2D eigenvalue weighted by molar-refractivity contribution is 7.22. The standard InChI is InChI=1S/C15H19N3OS/c1-11(2)17-6-8-18(9-7-17)15-16-13-5-3-4-12(10-19)14(13)20-15/h3-5,10-11H,6-9H2,1-2H3. The molecule has 2 aromatic rings. The summed E-state index contributed by atoms with van der Waals surface area (Å²) in [5.74, 6) is 0. The van der Waals surface area contributed by atoms with Crippen molar-refractivity contribution in [2.24, 2.45) is 0 Å². The molecule has 0 amide bonds. The van der Waals surface area contributed by atoms with E-state index >= 15 is 0 Å². The van der Waals surface area contributed by atoms with Crippen molar-refractivity contribution in [2.75, 3.05) is 31.1 Å². The van der Waals surface area contributed by atoms with E-state index in [2.05, 4.69) is 28.6 Å². The van der Waals surface area contributed by atoms with Gasteiger partial charge in [-0.25, -0.2) is 4.98 Å². The lowest BCUT2D eigenvalue weighted by molar-refractivity contribution is 0.112. The first kappa shape index (κ1) is 13.5. The van der Waals surface area contributed by atoms with Gasteiger partial charge in [-0.1, -0.05) is 23.5 Å². The molecule has 1 aliphatic rings. The molecule has 20 heavy (non-hydrogen) atoms. The first-order valence-electron chi connectivity index (χ1n) is 7.03. The molecule has 5 heteroatoms. The summed E-state index contributed by atoms with van der Waals surface area (Å²) in [7, 11) is 0. The molecule has 0 saturated carbocycles. The molecule has 0 aliphatic carbocycles.